The van der Waals surface area contributed by atoms with Gasteiger partial charge in [-0.2, -0.15) is 0 Å². The van der Waals surface area contributed by atoms with Crippen molar-refractivity contribution in [3.8, 4) is 0 Å². The van der Waals surface area contributed by atoms with Gasteiger partial charge in [-0.25, -0.2) is 0 Å². The van der Waals surface area contributed by atoms with Crippen molar-refractivity contribution in [3.05, 3.63) is 36.4 Å². The van der Waals surface area contributed by atoms with Crippen LogP contribution in [0.1, 0.15) is 0 Å². The standard InChI is InChI=1S/C12H9BINS/c13-7-1-3-11-9(5-7)10-6-8(16)2-4-12(10)15(11)14/h1-6,16H,13H2. The number of fused-ring (bicyclic) bond motifs is 3. The molecular formula is C12H9BINS. The molecule has 0 unspecified atom stereocenters. The molecule has 0 fully saturated rings. The molecule has 0 amide bonds. The highest BCUT2D eigenvalue weighted by molar-refractivity contribution is 14.1. The van der Waals surface area contributed by atoms with Crippen LogP contribution in [-0.2, 0) is 0 Å². The minimum atomic E-state index is 1.01. The van der Waals surface area contributed by atoms with Gasteiger partial charge in [0.15, 0.2) is 0 Å². The molecule has 0 radical (unpaired) electrons. The minimum absolute atomic E-state index is 1.01. The lowest BCUT2D eigenvalue weighted by Gasteiger charge is -1.95. The van der Waals surface area contributed by atoms with E-state index in [1.807, 2.05) is 6.07 Å². The summed E-state index contributed by atoms with van der Waals surface area (Å²) in [7, 11) is 2.13. The van der Waals surface area contributed by atoms with Crippen LogP contribution in [0.4, 0.5) is 0 Å². The lowest BCUT2D eigenvalue weighted by atomic mass is 9.94. The summed E-state index contributed by atoms with van der Waals surface area (Å²) in [5, 5.41) is 2.58. The van der Waals surface area contributed by atoms with Gasteiger partial charge in [-0.15, -0.1) is 12.6 Å². The fourth-order valence-corrected chi connectivity index (χ4v) is 3.12. The number of benzene rings is 2. The first-order valence-electron chi connectivity index (χ1n) is 5.07. The van der Waals surface area contributed by atoms with Gasteiger partial charge >= 0.3 is 0 Å². The summed E-state index contributed by atoms with van der Waals surface area (Å²) in [5.74, 6) is 0. The Morgan fingerprint density at radius 3 is 2.38 bits per heavy atom. The Balaban J connectivity index is 2.60. The zero-order valence-electron chi connectivity index (χ0n) is 8.74. The van der Waals surface area contributed by atoms with Crippen molar-refractivity contribution in [1.82, 2.24) is 2.78 Å². The van der Waals surface area contributed by atoms with Crippen LogP contribution in [0.5, 0.6) is 0 Å². The summed E-state index contributed by atoms with van der Waals surface area (Å²) >= 11 is 6.76. The summed E-state index contributed by atoms with van der Waals surface area (Å²) in [6.45, 7) is 0. The van der Waals surface area contributed by atoms with Crippen molar-refractivity contribution < 1.29 is 0 Å². The molecule has 4 heteroatoms. The fraction of sp³-hybridized carbons (Fsp3) is 0. The van der Waals surface area contributed by atoms with Crippen LogP contribution in [0.25, 0.3) is 21.8 Å². The van der Waals surface area contributed by atoms with Crippen LogP contribution >= 0.6 is 35.5 Å². The molecule has 3 rings (SSSR count). The molecule has 0 aliphatic heterocycles. The SMILES string of the molecule is Bc1ccc2c(c1)c1cc(S)ccc1n2I. The molecule has 0 N–H and O–H groups in total. The molecule has 0 spiro atoms. The first-order chi connectivity index (χ1) is 7.66. The number of thiol groups is 1. The summed E-state index contributed by atoms with van der Waals surface area (Å²) < 4.78 is 2.20. The highest BCUT2D eigenvalue weighted by Crippen LogP contribution is 2.31. The van der Waals surface area contributed by atoms with Gasteiger partial charge in [-0.1, -0.05) is 17.6 Å². The lowest BCUT2D eigenvalue weighted by molar-refractivity contribution is 1.46. The highest BCUT2D eigenvalue weighted by Gasteiger charge is 2.08. The monoisotopic (exact) mass is 337 g/mol. The average Bonchev–Trinajstić information content (AvgIpc) is 2.52. The number of hydrogen-bond acceptors (Lipinski definition) is 1. The van der Waals surface area contributed by atoms with Crippen molar-refractivity contribution >= 4 is 70.6 Å². The normalized spacial score (nSPS) is 11.4. The largest absolute Gasteiger partial charge is 0.282 e. The van der Waals surface area contributed by atoms with E-state index in [4.69, 9.17) is 0 Å². The van der Waals surface area contributed by atoms with Crippen LogP contribution in [0, 0.1) is 0 Å². The zero-order chi connectivity index (χ0) is 11.3. The van der Waals surface area contributed by atoms with Gasteiger partial charge < -0.3 is 0 Å². The number of hydrogen-bond donors (Lipinski definition) is 1. The molecule has 0 aliphatic rings. The molecule has 78 valence electrons. The molecular weight excluding hydrogens is 328 g/mol. The van der Waals surface area contributed by atoms with E-state index < -0.39 is 0 Å². The summed E-state index contributed by atoms with van der Waals surface area (Å²) in [4.78, 5) is 1.01. The van der Waals surface area contributed by atoms with E-state index in [0.717, 1.165) is 4.90 Å². The minimum Gasteiger partial charge on any atom is -0.282 e. The second kappa shape index (κ2) is 3.70. The molecule has 1 heterocycles. The summed E-state index contributed by atoms with van der Waals surface area (Å²) in [6, 6.07) is 12.9. The predicted molar refractivity (Wildman–Crippen MR) is 84.3 cm³/mol. The van der Waals surface area contributed by atoms with Gasteiger partial charge in [0.2, 0.25) is 0 Å². The van der Waals surface area contributed by atoms with Crippen molar-refractivity contribution in [2.75, 3.05) is 0 Å². The molecule has 16 heavy (non-hydrogen) atoms. The average molecular weight is 337 g/mol. The third-order valence-corrected chi connectivity index (χ3v) is 4.16. The third-order valence-electron chi connectivity index (χ3n) is 2.85. The maximum Gasteiger partial charge on any atom is 0.139 e. The van der Waals surface area contributed by atoms with Gasteiger partial charge in [-0.3, -0.25) is 2.78 Å². The Kier molecular flexibility index (Phi) is 2.44. The quantitative estimate of drug-likeness (QED) is 0.366. The van der Waals surface area contributed by atoms with Gasteiger partial charge in [0.25, 0.3) is 0 Å². The van der Waals surface area contributed by atoms with Gasteiger partial charge in [-0.05, 0) is 24.3 Å². The van der Waals surface area contributed by atoms with Crippen molar-refractivity contribution in [1.29, 1.82) is 0 Å². The number of aromatic nitrogens is 1. The summed E-state index contributed by atoms with van der Waals surface area (Å²) in [5.41, 5.74) is 3.81. The summed E-state index contributed by atoms with van der Waals surface area (Å²) in [6.07, 6.45) is 0. The fourth-order valence-electron chi connectivity index (χ4n) is 2.08. The maximum absolute atomic E-state index is 4.41. The molecule has 0 aliphatic carbocycles. The van der Waals surface area contributed by atoms with E-state index in [2.05, 4.69) is 76.5 Å². The van der Waals surface area contributed by atoms with E-state index >= 15 is 0 Å². The zero-order valence-corrected chi connectivity index (χ0v) is 11.8. The van der Waals surface area contributed by atoms with Crippen LogP contribution in [0.15, 0.2) is 41.3 Å². The molecule has 1 aromatic heterocycles. The molecule has 3 aromatic rings. The second-order valence-corrected chi connectivity index (χ2v) is 5.48. The first kappa shape index (κ1) is 10.5. The highest BCUT2D eigenvalue weighted by atomic mass is 127. The van der Waals surface area contributed by atoms with Crippen LogP contribution in [0.3, 0.4) is 0 Å². The van der Waals surface area contributed by atoms with Gasteiger partial charge in [0, 0.05) is 15.7 Å². The first-order valence-corrected chi connectivity index (χ1v) is 6.48. The van der Waals surface area contributed by atoms with Gasteiger partial charge in [0.1, 0.15) is 7.85 Å². The predicted octanol–water partition coefficient (Wildman–Crippen LogP) is 2.54. The topological polar surface area (TPSA) is 4.93 Å². The van der Waals surface area contributed by atoms with Crippen molar-refractivity contribution in [2.45, 2.75) is 4.90 Å². The number of nitrogens with zero attached hydrogens (tertiary/aromatic N) is 1. The Bertz CT molecular complexity index is 646. The second-order valence-electron chi connectivity index (χ2n) is 4.00. The van der Waals surface area contributed by atoms with E-state index in [1.54, 1.807) is 0 Å². The Morgan fingerprint density at radius 1 is 1.00 bits per heavy atom. The molecule has 0 atom stereocenters. The van der Waals surface area contributed by atoms with Crippen molar-refractivity contribution in [3.63, 3.8) is 0 Å². The smallest absolute Gasteiger partial charge is 0.139 e. The van der Waals surface area contributed by atoms with E-state index in [9.17, 15) is 0 Å². The molecule has 1 nitrogen and oxygen atoms in total. The number of rotatable bonds is 0. The van der Waals surface area contributed by atoms with E-state index in [-0.39, 0.29) is 0 Å². The molecule has 2 aromatic carbocycles. The van der Waals surface area contributed by atoms with E-state index in [1.165, 1.54) is 27.3 Å². The maximum atomic E-state index is 4.41. The third kappa shape index (κ3) is 1.47. The van der Waals surface area contributed by atoms with Crippen molar-refractivity contribution in [2.24, 2.45) is 0 Å². The van der Waals surface area contributed by atoms with Crippen LogP contribution in [0.2, 0.25) is 0 Å². The molecule has 0 saturated carbocycles. The Hall–Kier alpha value is -0.615. The van der Waals surface area contributed by atoms with Crippen LogP contribution < -0.4 is 5.46 Å². The van der Waals surface area contributed by atoms with Crippen LogP contribution in [-0.4, -0.2) is 10.6 Å². The van der Waals surface area contributed by atoms with E-state index in [0.29, 0.717) is 0 Å². The van der Waals surface area contributed by atoms with Gasteiger partial charge in [0.05, 0.1) is 33.9 Å². The Morgan fingerprint density at radius 2 is 1.62 bits per heavy atom. The lowest BCUT2D eigenvalue weighted by Crippen LogP contribution is -1.99. The number of halogens is 1. The molecule has 0 bridgehead atoms. The molecule has 0 saturated heterocycles. The Labute approximate surface area is 114 Å².